The van der Waals surface area contributed by atoms with Crippen LogP contribution in [-0.2, 0) is 6.42 Å². The van der Waals surface area contributed by atoms with Gasteiger partial charge in [0, 0.05) is 18.4 Å². The molecule has 1 atom stereocenters. The minimum atomic E-state index is -0.251. The molecule has 1 fully saturated rings. The van der Waals surface area contributed by atoms with Crippen LogP contribution in [0.4, 0.5) is 0 Å². The molecule has 1 aliphatic carbocycles. The van der Waals surface area contributed by atoms with E-state index < -0.39 is 0 Å². The molecule has 0 saturated heterocycles. The first kappa shape index (κ1) is 16.7. The van der Waals surface area contributed by atoms with Crippen LogP contribution >= 0.6 is 0 Å². The highest BCUT2D eigenvalue weighted by atomic mass is 16.3. The second-order valence-electron chi connectivity index (χ2n) is 6.88. The van der Waals surface area contributed by atoms with Gasteiger partial charge in [-0.3, -0.25) is 14.8 Å². The minimum Gasteiger partial charge on any atom is -0.393 e. The highest BCUT2D eigenvalue weighted by Crippen LogP contribution is 2.32. The Morgan fingerprint density at radius 1 is 1.08 bits per heavy atom. The number of fused-ring (bicyclic) bond motifs is 1. The third kappa shape index (κ3) is 3.44. The molecule has 2 aromatic carbocycles. The van der Waals surface area contributed by atoms with Gasteiger partial charge < -0.3 is 10.4 Å². The molecule has 4 rings (SSSR count). The summed E-state index contributed by atoms with van der Waals surface area (Å²) >= 11 is 0. The number of rotatable bonds is 5. The number of carbonyl (C=O) groups is 1. The van der Waals surface area contributed by atoms with E-state index in [0.29, 0.717) is 16.6 Å². The van der Waals surface area contributed by atoms with Crippen molar-refractivity contribution < 1.29 is 9.90 Å². The minimum absolute atomic E-state index is 0.0137. The van der Waals surface area contributed by atoms with Gasteiger partial charge in [0.25, 0.3) is 5.91 Å². The maximum Gasteiger partial charge on any atom is 0.253 e. The molecule has 1 saturated carbocycles. The molecule has 132 valence electrons. The average molecular weight is 347 g/mol. The zero-order valence-electron chi connectivity index (χ0n) is 14.4. The average Bonchev–Trinajstić information content (AvgIpc) is 2.65. The third-order valence-corrected chi connectivity index (χ3v) is 5.08. The van der Waals surface area contributed by atoms with Gasteiger partial charge in [-0.15, -0.1) is 0 Å². The summed E-state index contributed by atoms with van der Waals surface area (Å²) in [5, 5.41) is 12.9. The number of hydrogen-bond acceptors (Lipinski definition) is 4. The Morgan fingerprint density at radius 3 is 2.62 bits per heavy atom. The molecule has 0 bridgehead atoms. The number of nitrogens with zero attached hydrogens (tertiary/aromatic N) is 2. The maximum atomic E-state index is 12.9. The Kier molecular flexibility index (Phi) is 4.63. The first-order chi connectivity index (χ1) is 12.7. The molecule has 26 heavy (non-hydrogen) atoms. The van der Waals surface area contributed by atoms with Crippen molar-refractivity contribution in [3.8, 4) is 0 Å². The predicted molar refractivity (Wildman–Crippen MR) is 99.7 cm³/mol. The summed E-state index contributed by atoms with van der Waals surface area (Å²) in [6.07, 6.45) is 5.18. The molecule has 3 aromatic rings. The molecular weight excluding hydrogens is 326 g/mol. The number of para-hydroxylation sites is 1. The largest absolute Gasteiger partial charge is 0.393 e. The molecule has 5 nitrogen and oxygen atoms in total. The van der Waals surface area contributed by atoms with E-state index in [1.54, 1.807) is 18.5 Å². The van der Waals surface area contributed by atoms with E-state index in [-0.39, 0.29) is 24.0 Å². The van der Waals surface area contributed by atoms with E-state index in [0.717, 1.165) is 19.3 Å². The fourth-order valence-corrected chi connectivity index (χ4v) is 3.58. The van der Waals surface area contributed by atoms with Crippen LogP contribution in [0, 0.1) is 5.92 Å². The summed E-state index contributed by atoms with van der Waals surface area (Å²) < 4.78 is 0. The number of carbonyl (C=O) groups excluding carboxylic acids is 1. The highest BCUT2D eigenvalue weighted by molar-refractivity contribution is 6.04. The first-order valence-corrected chi connectivity index (χ1v) is 8.93. The number of aliphatic hydroxyl groups excluding tert-OH is 1. The van der Waals surface area contributed by atoms with Crippen molar-refractivity contribution in [1.82, 2.24) is 15.3 Å². The van der Waals surface area contributed by atoms with Crippen LogP contribution in [0.15, 0.2) is 60.9 Å². The standard InChI is InChI=1S/C21H21N3O2/c25-16-12-15(13-16)19(11-14-5-2-1-3-6-14)24-21(26)17-7-4-8-18-20(17)23-10-9-22-18/h1-10,15-16,19,25H,11-13H2,(H,24,26). The first-order valence-electron chi connectivity index (χ1n) is 8.93. The van der Waals surface area contributed by atoms with Gasteiger partial charge in [0.05, 0.1) is 17.2 Å². The lowest BCUT2D eigenvalue weighted by Gasteiger charge is -2.38. The zero-order chi connectivity index (χ0) is 17.9. The van der Waals surface area contributed by atoms with E-state index in [1.807, 2.05) is 30.3 Å². The number of hydrogen-bond donors (Lipinski definition) is 2. The maximum absolute atomic E-state index is 12.9. The van der Waals surface area contributed by atoms with Gasteiger partial charge in [-0.1, -0.05) is 36.4 Å². The molecule has 1 unspecified atom stereocenters. The number of aliphatic hydroxyl groups is 1. The molecule has 5 heteroatoms. The topological polar surface area (TPSA) is 75.1 Å². The van der Waals surface area contributed by atoms with Crippen LogP contribution in [0.3, 0.4) is 0 Å². The normalized spacial score (nSPS) is 20.3. The fourth-order valence-electron chi connectivity index (χ4n) is 3.58. The number of benzene rings is 2. The van der Waals surface area contributed by atoms with Crippen molar-refractivity contribution in [2.24, 2.45) is 5.92 Å². The second-order valence-corrected chi connectivity index (χ2v) is 6.88. The lowest BCUT2D eigenvalue weighted by molar-refractivity contribution is 0.0239. The molecule has 1 aromatic heterocycles. The number of nitrogens with one attached hydrogen (secondary N) is 1. The lowest BCUT2D eigenvalue weighted by Crippen LogP contribution is -2.48. The fraction of sp³-hybridized carbons (Fsp3) is 0.286. The Balaban J connectivity index is 1.57. The molecule has 2 N–H and O–H groups in total. The van der Waals surface area contributed by atoms with Crippen LogP contribution in [0.25, 0.3) is 11.0 Å². The van der Waals surface area contributed by atoms with Crippen molar-refractivity contribution in [3.05, 3.63) is 72.1 Å². The van der Waals surface area contributed by atoms with Gasteiger partial charge >= 0.3 is 0 Å². The van der Waals surface area contributed by atoms with Gasteiger partial charge in [0.2, 0.25) is 0 Å². The quantitative estimate of drug-likeness (QED) is 0.744. The molecule has 0 radical (unpaired) electrons. The summed E-state index contributed by atoms with van der Waals surface area (Å²) in [7, 11) is 0. The van der Waals surface area contributed by atoms with E-state index in [1.165, 1.54) is 5.56 Å². The Morgan fingerprint density at radius 2 is 1.85 bits per heavy atom. The molecule has 1 heterocycles. The van der Waals surface area contributed by atoms with Gasteiger partial charge in [-0.25, -0.2) is 0 Å². The van der Waals surface area contributed by atoms with Crippen molar-refractivity contribution in [2.45, 2.75) is 31.4 Å². The van der Waals surface area contributed by atoms with Crippen LogP contribution < -0.4 is 5.32 Å². The Hall–Kier alpha value is -2.79. The van der Waals surface area contributed by atoms with Crippen molar-refractivity contribution in [2.75, 3.05) is 0 Å². The smallest absolute Gasteiger partial charge is 0.253 e. The van der Waals surface area contributed by atoms with Gasteiger partial charge in [-0.2, -0.15) is 0 Å². The lowest BCUT2D eigenvalue weighted by atomic mass is 9.75. The Labute approximate surface area is 152 Å². The summed E-state index contributed by atoms with van der Waals surface area (Å²) in [6, 6.07) is 15.6. The monoisotopic (exact) mass is 347 g/mol. The van der Waals surface area contributed by atoms with E-state index >= 15 is 0 Å². The van der Waals surface area contributed by atoms with Crippen LogP contribution in [0.2, 0.25) is 0 Å². The van der Waals surface area contributed by atoms with Crippen LogP contribution in [0.1, 0.15) is 28.8 Å². The summed E-state index contributed by atoms with van der Waals surface area (Å²) in [5.74, 6) is 0.147. The Bertz CT molecular complexity index is 902. The van der Waals surface area contributed by atoms with E-state index in [4.69, 9.17) is 0 Å². The van der Waals surface area contributed by atoms with E-state index in [9.17, 15) is 9.90 Å². The second kappa shape index (κ2) is 7.22. The van der Waals surface area contributed by atoms with Crippen LogP contribution in [0.5, 0.6) is 0 Å². The SMILES string of the molecule is O=C(NC(Cc1ccccc1)C1CC(O)C1)c1cccc2nccnc12. The van der Waals surface area contributed by atoms with E-state index in [2.05, 4.69) is 27.4 Å². The summed E-state index contributed by atoms with van der Waals surface area (Å²) in [4.78, 5) is 21.5. The highest BCUT2D eigenvalue weighted by Gasteiger charge is 2.35. The number of amides is 1. The summed E-state index contributed by atoms with van der Waals surface area (Å²) in [6.45, 7) is 0. The van der Waals surface area contributed by atoms with Gasteiger partial charge in [0.15, 0.2) is 0 Å². The molecule has 1 aliphatic rings. The molecule has 1 amide bonds. The molecule has 0 aliphatic heterocycles. The van der Waals surface area contributed by atoms with Crippen LogP contribution in [-0.4, -0.2) is 33.1 Å². The molecular formula is C21H21N3O2. The predicted octanol–water partition coefficient (Wildman–Crippen LogP) is 2.74. The molecule has 0 spiro atoms. The number of aromatic nitrogens is 2. The summed E-state index contributed by atoms with van der Waals surface area (Å²) in [5.41, 5.74) is 3.03. The third-order valence-electron chi connectivity index (χ3n) is 5.08. The van der Waals surface area contributed by atoms with Crippen molar-refractivity contribution in [1.29, 1.82) is 0 Å². The zero-order valence-corrected chi connectivity index (χ0v) is 14.4. The van der Waals surface area contributed by atoms with Crippen molar-refractivity contribution in [3.63, 3.8) is 0 Å². The van der Waals surface area contributed by atoms with Crippen molar-refractivity contribution >= 4 is 16.9 Å². The van der Waals surface area contributed by atoms with Gasteiger partial charge in [-0.05, 0) is 42.9 Å². The van der Waals surface area contributed by atoms with Gasteiger partial charge in [0.1, 0.15) is 5.52 Å².